The quantitative estimate of drug-likeness (QED) is 0.790. The zero-order chi connectivity index (χ0) is 18.6. The molecule has 2 saturated heterocycles. The molecule has 136 valence electrons. The summed E-state index contributed by atoms with van der Waals surface area (Å²) in [7, 11) is -3.77. The molecule has 6 nitrogen and oxygen atoms in total. The molecule has 2 aliphatic heterocycles. The lowest BCUT2D eigenvalue weighted by atomic mass is 10.1. The first-order valence-electron chi connectivity index (χ1n) is 8.60. The molecule has 0 spiro atoms. The number of carbonyl (C=O) groups is 1. The van der Waals surface area contributed by atoms with Crippen molar-refractivity contribution in [1.82, 2.24) is 9.21 Å². The van der Waals surface area contributed by atoms with Gasteiger partial charge < -0.3 is 4.90 Å². The molecular formula is C18H19N3O3S2. The Kier molecular flexibility index (Phi) is 4.06. The van der Waals surface area contributed by atoms with Crippen molar-refractivity contribution >= 4 is 37.4 Å². The highest BCUT2D eigenvalue weighted by molar-refractivity contribution is 7.91. The molecule has 1 amide bonds. The fraction of sp³-hybridized carbons (Fsp3) is 0.444. The highest BCUT2D eigenvalue weighted by Crippen LogP contribution is 2.38. The Labute approximate surface area is 156 Å². The van der Waals surface area contributed by atoms with Crippen LogP contribution < -0.4 is 0 Å². The molecule has 0 saturated carbocycles. The molecule has 0 unspecified atom stereocenters. The van der Waals surface area contributed by atoms with Crippen molar-refractivity contribution in [2.45, 2.75) is 43.0 Å². The van der Waals surface area contributed by atoms with Gasteiger partial charge in [-0.1, -0.05) is 0 Å². The minimum Gasteiger partial charge on any atom is -0.337 e. The summed E-state index contributed by atoms with van der Waals surface area (Å²) in [5.74, 6) is -0.104. The van der Waals surface area contributed by atoms with Crippen molar-refractivity contribution < 1.29 is 13.2 Å². The topological polar surface area (TPSA) is 81.5 Å². The average Bonchev–Trinajstić information content (AvgIpc) is 3.22. The number of sulfonamides is 1. The van der Waals surface area contributed by atoms with Gasteiger partial charge in [0.05, 0.1) is 11.6 Å². The molecule has 0 aliphatic carbocycles. The lowest BCUT2D eigenvalue weighted by molar-refractivity contribution is -0.139. The summed E-state index contributed by atoms with van der Waals surface area (Å²) < 4.78 is 29.2. The van der Waals surface area contributed by atoms with E-state index >= 15 is 0 Å². The van der Waals surface area contributed by atoms with Crippen LogP contribution in [-0.2, 0) is 14.8 Å². The number of nitriles is 1. The van der Waals surface area contributed by atoms with E-state index < -0.39 is 16.1 Å². The van der Waals surface area contributed by atoms with Crippen molar-refractivity contribution in [3.05, 3.63) is 29.3 Å². The minimum absolute atomic E-state index is 0.0200. The summed E-state index contributed by atoms with van der Waals surface area (Å²) in [6.07, 6.45) is 1.78. The molecule has 2 atom stereocenters. The standard InChI is InChI=1S/C18H19N3O3S2/c1-11-15-8-13(9-19)5-6-16(15)25-18(11)26(23,24)21-10-14-4-3-7-20(14)17(22)12(21)2/h5-6,8,12,14H,3-4,7,10H2,1-2H3/t12-,14+/m0/s1. The van der Waals surface area contributed by atoms with E-state index in [2.05, 4.69) is 6.07 Å². The Morgan fingerprint density at radius 2 is 2.12 bits per heavy atom. The molecule has 8 heteroatoms. The van der Waals surface area contributed by atoms with E-state index in [1.54, 1.807) is 32.0 Å². The molecule has 1 aromatic heterocycles. The Hall–Kier alpha value is -1.95. The predicted molar refractivity (Wildman–Crippen MR) is 99.4 cm³/mol. The van der Waals surface area contributed by atoms with Crippen LogP contribution in [0.3, 0.4) is 0 Å². The van der Waals surface area contributed by atoms with E-state index in [9.17, 15) is 13.2 Å². The van der Waals surface area contributed by atoms with Crippen molar-refractivity contribution in [3.8, 4) is 6.07 Å². The van der Waals surface area contributed by atoms with E-state index in [4.69, 9.17) is 5.26 Å². The third-order valence-corrected chi connectivity index (χ3v) is 9.21. The fourth-order valence-corrected chi connectivity index (χ4v) is 7.45. The van der Waals surface area contributed by atoms with Gasteiger partial charge >= 0.3 is 0 Å². The predicted octanol–water partition coefficient (Wildman–Crippen LogP) is 2.47. The van der Waals surface area contributed by atoms with E-state index in [-0.39, 0.29) is 16.2 Å². The van der Waals surface area contributed by atoms with Gasteiger partial charge in [0.25, 0.3) is 10.0 Å². The highest BCUT2D eigenvalue weighted by Gasteiger charge is 2.46. The molecule has 4 rings (SSSR count). The third-order valence-electron chi connectivity index (χ3n) is 5.40. The van der Waals surface area contributed by atoms with Crippen LogP contribution in [0.4, 0.5) is 0 Å². The number of piperazine rings is 1. The Morgan fingerprint density at radius 1 is 1.35 bits per heavy atom. The van der Waals surface area contributed by atoms with Gasteiger partial charge in [-0.05, 0) is 55.8 Å². The molecule has 3 heterocycles. The molecule has 0 radical (unpaired) electrons. The smallest absolute Gasteiger partial charge is 0.253 e. The molecule has 2 aromatic rings. The van der Waals surface area contributed by atoms with Crippen molar-refractivity contribution in [2.24, 2.45) is 0 Å². The highest BCUT2D eigenvalue weighted by atomic mass is 32.2. The minimum atomic E-state index is -3.77. The van der Waals surface area contributed by atoms with Crippen LogP contribution in [0, 0.1) is 18.3 Å². The second-order valence-electron chi connectivity index (χ2n) is 6.92. The van der Waals surface area contributed by atoms with Gasteiger partial charge in [-0.3, -0.25) is 4.79 Å². The summed E-state index contributed by atoms with van der Waals surface area (Å²) in [5, 5.41) is 9.88. The number of hydrogen-bond donors (Lipinski definition) is 0. The molecule has 0 bridgehead atoms. The lowest BCUT2D eigenvalue weighted by Crippen LogP contribution is -2.59. The number of aryl methyl sites for hydroxylation is 1. The monoisotopic (exact) mass is 389 g/mol. The maximum absolute atomic E-state index is 13.4. The second-order valence-corrected chi connectivity index (χ2v) is 10.1. The van der Waals surface area contributed by atoms with Crippen molar-refractivity contribution in [2.75, 3.05) is 13.1 Å². The third kappa shape index (κ3) is 2.46. The van der Waals surface area contributed by atoms with E-state index in [1.165, 1.54) is 15.6 Å². The number of fused-ring (bicyclic) bond motifs is 2. The van der Waals surface area contributed by atoms with Crippen LogP contribution in [0.1, 0.15) is 30.9 Å². The summed E-state index contributed by atoms with van der Waals surface area (Å²) in [6.45, 7) is 4.52. The average molecular weight is 390 g/mol. The first kappa shape index (κ1) is 17.5. The number of amides is 1. The van der Waals surface area contributed by atoms with Gasteiger partial charge in [0, 0.05) is 23.8 Å². The number of nitrogens with zero attached hydrogens (tertiary/aromatic N) is 3. The van der Waals surface area contributed by atoms with E-state index in [1.807, 2.05) is 4.90 Å². The van der Waals surface area contributed by atoms with Gasteiger partial charge in [0.1, 0.15) is 10.3 Å². The van der Waals surface area contributed by atoms with E-state index in [0.29, 0.717) is 17.7 Å². The molecular weight excluding hydrogens is 370 g/mol. The van der Waals surface area contributed by atoms with Gasteiger partial charge in [0.2, 0.25) is 5.91 Å². The largest absolute Gasteiger partial charge is 0.337 e. The summed E-state index contributed by atoms with van der Waals surface area (Å²) >= 11 is 1.21. The Balaban J connectivity index is 1.79. The van der Waals surface area contributed by atoms with Crippen molar-refractivity contribution in [1.29, 1.82) is 5.26 Å². The van der Waals surface area contributed by atoms with Gasteiger partial charge in [-0.2, -0.15) is 9.57 Å². The Bertz CT molecular complexity index is 1050. The first-order valence-corrected chi connectivity index (χ1v) is 10.9. The molecule has 1 aromatic carbocycles. The maximum Gasteiger partial charge on any atom is 0.253 e. The summed E-state index contributed by atoms with van der Waals surface area (Å²) in [4.78, 5) is 14.4. The van der Waals surface area contributed by atoms with Crippen LogP contribution in [0.15, 0.2) is 22.4 Å². The summed E-state index contributed by atoms with van der Waals surface area (Å²) in [5.41, 5.74) is 1.15. The number of thiophene rings is 1. The number of carbonyl (C=O) groups excluding carboxylic acids is 1. The molecule has 2 fully saturated rings. The van der Waals surface area contributed by atoms with Crippen LogP contribution >= 0.6 is 11.3 Å². The van der Waals surface area contributed by atoms with Crippen LogP contribution in [0.25, 0.3) is 10.1 Å². The zero-order valence-corrected chi connectivity index (χ0v) is 16.2. The van der Waals surface area contributed by atoms with Gasteiger partial charge in [0.15, 0.2) is 0 Å². The second kappa shape index (κ2) is 6.05. The molecule has 26 heavy (non-hydrogen) atoms. The van der Waals surface area contributed by atoms with Crippen LogP contribution in [0.5, 0.6) is 0 Å². The number of hydrogen-bond acceptors (Lipinski definition) is 5. The SMILES string of the molecule is Cc1c(S(=O)(=O)N2C[C@H]3CCCN3C(=O)[C@@H]2C)sc2ccc(C#N)cc12. The van der Waals surface area contributed by atoms with Crippen LogP contribution in [0.2, 0.25) is 0 Å². The normalized spacial score (nSPS) is 24.0. The molecule has 0 N–H and O–H groups in total. The maximum atomic E-state index is 13.4. The fourth-order valence-electron chi connectivity index (χ4n) is 3.97. The van der Waals surface area contributed by atoms with Gasteiger partial charge in [-0.15, -0.1) is 11.3 Å². The summed E-state index contributed by atoms with van der Waals surface area (Å²) in [6, 6.07) is 6.59. The van der Waals surface area contributed by atoms with Crippen LogP contribution in [-0.4, -0.2) is 48.7 Å². The zero-order valence-electron chi connectivity index (χ0n) is 14.6. The first-order chi connectivity index (χ1) is 12.3. The molecule has 2 aliphatic rings. The van der Waals surface area contributed by atoms with Gasteiger partial charge in [-0.25, -0.2) is 8.42 Å². The number of rotatable bonds is 2. The number of benzene rings is 1. The Morgan fingerprint density at radius 3 is 2.85 bits per heavy atom. The van der Waals surface area contributed by atoms with E-state index in [0.717, 1.165) is 29.5 Å². The lowest BCUT2D eigenvalue weighted by Gasteiger charge is -2.40. The van der Waals surface area contributed by atoms with Crippen molar-refractivity contribution in [3.63, 3.8) is 0 Å².